The number of sulfonamides is 1. The molecule has 2 N–H and O–H groups in total. The Morgan fingerprint density at radius 3 is 2.52 bits per heavy atom. The molecule has 118 valence electrons. The maximum absolute atomic E-state index is 12.5. The summed E-state index contributed by atoms with van der Waals surface area (Å²) in [6, 6.07) is 3.50. The summed E-state index contributed by atoms with van der Waals surface area (Å²) in [6.45, 7) is 6.10. The summed E-state index contributed by atoms with van der Waals surface area (Å²) in [4.78, 5) is 0.368. The number of aryl methyl sites for hydroxylation is 2. The first kappa shape index (κ1) is 16.3. The van der Waals surface area contributed by atoms with Crippen molar-refractivity contribution >= 4 is 10.0 Å². The van der Waals surface area contributed by atoms with Crippen LogP contribution in [0.1, 0.15) is 24.0 Å². The minimum absolute atomic E-state index is 0.368. The highest BCUT2D eigenvalue weighted by molar-refractivity contribution is 7.89. The van der Waals surface area contributed by atoms with Crippen LogP contribution in [0.2, 0.25) is 0 Å². The van der Waals surface area contributed by atoms with Crippen molar-refractivity contribution in [2.45, 2.75) is 31.6 Å². The molecule has 0 aromatic heterocycles. The molecule has 1 atom stereocenters. The molecule has 1 aliphatic rings. The van der Waals surface area contributed by atoms with Gasteiger partial charge in [0.15, 0.2) is 0 Å². The maximum atomic E-state index is 12.5. The molecule has 0 radical (unpaired) electrons. The predicted molar refractivity (Wildman–Crippen MR) is 83.3 cm³/mol. The van der Waals surface area contributed by atoms with E-state index in [-0.39, 0.29) is 0 Å². The average molecular weight is 312 g/mol. The van der Waals surface area contributed by atoms with Crippen molar-refractivity contribution < 1.29 is 13.2 Å². The molecule has 0 saturated carbocycles. The number of rotatable bonds is 6. The zero-order valence-electron chi connectivity index (χ0n) is 12.9. The van der Waals surface area contributed by atoms with E-state index in [0.717, 1.165) is 25.9 Å². The van der Waals surface area contributed by atoms with Crippen LogP contribution in [0, 0.1) is 19.8 Å². The van der Waals surface area contributed by atoms with Crippen LogP contribution >= 0.6 is 0 Å². The zero-order chi connectivity index (χ0) is 15.5. The minimum atomic E-state index is -3.46. The summed E-state index contributed by atoms with van der Waals surface area (Å²) < 4.78 is 32.9. The van der Waals surface area contributed by atoms with E-state index in [2.05, 4.69) is 10.0 Å². The van der Waals surface area contributed by atoms with Crippen LogP contribution in [-0.4, -0.2) is 35.2 Å². The largest absolute Gasteiger partial charge is 0.497 e. The van der Waals surface area contributed by atoms with Gasteiger partial charge in [0.1, 0.15) is 5.75 Å². The molecule has 1 aromatic carbocycles. The first-order valence-corrected chi connectivity index (χ1v) is 8.78. The highest BCUT2D eigenvalue weighted by Crippen LogP contribution is 2.25. The fourth-order valence-corrected chi connectivity index (χ4v) is 4.38. The second kappa shape index (κ2) is 6.77. The Bertz CT molecular complexity index is 570. The van der Waals surface area contributed by atoms with Crippen LogP contribution in [0.4, 0.5) is 0 Å². The normalized spacial score (nSPS) is 18.9. The van der Waals surface area contributed by atoms with Gasteiger partial charge in [0.25, 0.3) is 0 Å². The highest BCUT2D eigenvalue weighted by Gasteiger charge is 2.21. The van der Waals surface area contributed by atoms with E-state index in [4.69, 9.17) is 4.74 Å². The van der Waals surface area contributed by atoms with E-state index in [1.54, 1.807) is 33.1 Å². The fourth-order valence-electron chi connectivity index (χ4n) is 2.88. The van der Waals surface area contributed by atoms with Crippen molar-refractivity contribution in [2.75, 3.05) is 26.7 Å². The molecule has 1 heterocycles. The van der Waals surface area contributed by atoms with Gasteiger partial charge < -0.3 is 10.1 Å². The number of benzene rings is 1. The van der Waals surface area contributed by atoms with Gasteiger partial charge in [-0.05, 0) is 69.0 Å². The first-order chi connectivity index (χ1) is 9.94. The smallest absolute Gasteiger partial charge is 0.241 e. The monoisotopic (exact) mass is 312 g/mol. The lowest BCUT2D eigenvalue weighted by Crippen LogP contribution is -2.28. The van der Waals surface area contributed by atoms with E-state index in [0.29, 0.717) is 34.2 Å². The molecule has 1 saturated heterocycles. The second-order valence-electron chi connectivity index (χ2n) is 5.64. The van der Waals surface area contributed by atoms with Crippen LogP contribution in [0.25, 0.3) is 0 Å². The van der Waals surface area contributed by atoms with Crippen LogP contribution in [-0.2, 0) is 10.0 Å². The zero-order valence-corrected chi connectivity index (χ0v) is 13.7. The lowest BCUT2D eigenvalue weighted by Gasteiger charge is -2.14. The summed E-state index contributed by atoms with van der Waals surface area (Å²) in [5.74, 6) is 1.26. The van der Waals surface area contributed by atoms with Gasteiger partial charge in [-0.2, -0.15) is 0 Å². The summed E-state index contributed by atoms with van der Waals surface area (Å²) in [6.07, 6.45) is 2.00. The Balaban J connectivity index is 2.08. The summed E-state index contributed by atoms with van der Waals surface area (Å²) in [7, 11) is -1.88. The molecule has 0 aliphatic carbocycles. The Kier molecular flexibility index (Phi) is 5.24. The van der Waals surface area contributed by atoms with Crippen molar-refractivity contribution in [1.82, 2.24) is 10.0 Å². The Morgan fingerprint density at radius 1 is 1.33 bits per heavy atom. The topological polar surface area (TPSA) is 67.4 Å². The molecule has 1 aromatic rings. The van der Waals surface area contributed by atoms with Crippen molar-refractivity contribution in [3.8, 4) is 5.75 Å². The van der Waals surface area contributed by atoms with Gasteiger partial charge >= 0.3 is 0 Å². The molecule has 1 fully saturated rings. The third-order valence-corrected chi connectivity index (χ3v) is 5.71. The van der Waals surface area contributed by atoms with Crippen molar-refractivity contribution in [3.05, 3.63) is 23.3 Å². The maximum Gasteiger partial charge on any atom is 0.241 e. The quantitative estimate of drug-likeness (QED) is 0.837. The van der Waals surface area contributed by atoms with Gasteiger partial charge in [-0.1, -0.05) is 0 Å². The SMILES string of the molecule is COc1cc(C)c(S(=O)(=O)NCC[C@H]2CCNC2)c(C)c1. The third-order valence-electron chi connectivity index (χ3n) is 3.95. The first-order valence-electron chi connectivity index (χ1n) is 7.29. The molecule has 21 heavy (non-hydrogen) atoms. The van der Waals surface area contributed by atoms with E-state index < -0.39 is 10.0 Å². The van der Waals surface area contributed by atoms with Gasteiger partial charge in [0.05, 0.1) is 12.0 Å². The Morgan fingerprint density at radius 2 is 2.00 bits per heavy atom. The van der Waals surface area contributed by atoms with Gasteiger partial charge in [-0.15, -0.1) is 0 Å². The van der Waals surface area contributed by atoms with E-state index in [9.17, 15) is 8.42 Å². The van der Waals surface area contributed by atoms with E-state index in [1.165, 1.54) is 0 Å². The average Bonchev–Trinajstić information content (AvgIpc) is 2.90. The lowest BCUT2D eigenvalue weighted by molar-refractivity contribution is 0.413. The molecular formula is C15H24N2O3S. The number of nitrogens with one attached hydrogen (secondary N) is 2. The van der Waals surface area contributed by atoms with Crippen LogP contribution in [0.5, 0.6) is 5.75 Å². The molecule has 6 heteroatoms. The Labute approximate surface area is 127 Å². The van der Waals surface area contributed by atoms with Crippen LogP contribution < -0.4 is 14.8 Å². The van der Waals surface area contributed by atoms with Gasteiger partial charge in [-0.3, -0.25) is 0 Å². The fraction of sp³-hybridized carbons (Fsp3) is 0.600. The van der Waals surface area contributed by atoms with Gasteiger partial charge in [0.2, 0.25) is 10.0 Å². The van der Waals surface area contributed by atoms with Crippen molar-refractivity contribution in [2.24, 2.45) is 5.92 Å². The molecule has 5 nitrogen and oxygen atoms in total. The minimum Gasteiger partial charge on any atom is -0.497 e. The molecule has 0 bridgehead atoms. The van der Waals surface area contributed by atoms with E-state index >= 15 is 0 Å². The van der Waals surface area contributed by atoms with Gasteiger partial charge in [0, 0.05) is 6.54 Å². The predicted octanol–water partition coefficient (Wildman–Crippen LogP) is 1.59. The third kappa shape index (κ3) is 3.96. The molecule has 0 amide bonds. The van der Waals surface area contributed by atoms with Crippen molar-refractivity contribution in [1.29, 1.82) is 0 Å². The molecule has 2 rings (SSSR count). The molecule has 0 spiro atoms. The van der Waals surface area contributed by atoms with Crippen LogP contribution in [0.3, 0.4) is 0 Å². The molecule has 1 aliphatic heterocycles. The number of hydrogen-bond acceptors (Lipinski definition) is 4. The Hall–Kier alpha value is -1.11. The summed E-state index contributed by atoms with van der Waals surface area (Å²) in [5, 5.41) is 3.29. The van der Waals surface area contributed by atoms with Gasteiger partial charge in [-0.25, -0.2) is 13.1 Å². The number of methoxy groups -OCH3 is 1. The summed E-state index contributed by atoms with van der Waals surface area (Å²) >= 11 is 0. The summed E-state index contributed by atoms with van der Waals surface area (Å²) in [5.41, 5.74) is 1.42. The van der Waals surface area contributed by atoms with Crippen molar-refractivity contribution in [3.63, 3.8) is 0 Å². The lowest BCUT2D eigenvalue weighted by atomic mass is 10.1. The highest BCUT2D eigenvalue weighted by atomic mass is 32.2. The number of ether oxygens (including phenoxy) is 1. The van der Waals surface area contributed by atoms with E-state index in [1.807, 2.05) is 0 Å². The molecular weight excluding hydrogens is 288 g/mol. The van der Waals surface area contributed by atoms with Crippen LogP contribution in [0.15, 0.2) is 17.0 Å². The second-order valence-corrected chi connectivity index (χ2v) is 7.34. The number of hydrogen-bond donors (Lipinski definition) is 2. The standard InChI is InChI=1S/C15H24N2O3S/c1-11-8-14(20-3)9-12(2)15(11)21(18,19)17-7-5-13-4-6-16-10-13/h8-9,13,16-17H,4-7,10H2,1-3H3/t13-/m1/s1. The molecule has 0 unspecified atom stereocenters.